The Hall–Kier alpha value is -1.17. The van der Waals surface area contributed by atoms with Crippen LogP contribution in [0.25, 0.3) is 0 Å². The highest BCUT2D eigenvalue weighted by Crippen LogP contribution is 2.14. The fourth-order valence-corrected chi connectivity index (χ4v) is 2.36. The molecular formula is C15H24N2O2S. The number of carbonyl (C=O) groups excluding carboxylic acids is 1. The Morgan fingerprint density at radius 1 is 1.55 bits per heavy atom. The van der Waals surface area contributed by atoms with Gasteiger partial charge in [0.2, 0.25) is 5.91 Å². The second-order valence-electron chi connectivity index (χ2n) is 5.47. The van der Waals surface area contributed by atoms with E-state index in [1.165, 1.54) is 0 Å². The van der Waals surface area contributed by atoms with Gasteiger partial charge < -0.3 is 10.0 Å². The van der Waals surface area contributed by atoms with E-state index in [2.05, 4.69) is 6.58 Å². The maximum atomic E-state index is 12.4. The summed E-state index contributed by atoms with van der Waals surface area (Å²) in [5.41, 5.74) is -0.404. The fraction of sp³-hybridized carbons (Fsp3) is 0.533. The molecule has 0 atom stereocenters. The molecule has 0 unspecified atom stereocenters. The lowest BCUT2D eigenvalue weighted by Crippen LogP contribution is -2.49. The molecule has 0 aliphatic rings. The van der Waals surface area contributed by atoms with Crippen LogP contribution in [0.1, 0.15) is 18.7 Å². The normalized spacial score (nSPS) is 11.7. The molecule has 1 heterocycles. The predicted molar refractivity (Wildman–Crippen MR) is 83.7 cm³/mol. The Morgan fingerprint density at radius 2 is 2.25 bits per heavy atom. The first-order chi connectivity index (χ1) is 9.40. The zero-order chi connectivity index (χ0) is 15.2. The summed E-state index contributed by atoms with van der Waals surface area (Å²) in [6.45, 7) is 8.98. The average molecular weight is 296 g/mol. The molecule has 0 aliphatic carbocycles. The van der Waals surface area contributed by atoms with Crippen molar-refractivity contribution in [2.75, 3.05) is 26.7 Å². The van der Waals surface area contributed by atoms with E-state index in [4.69, 9.17) is 0 Å². The number of hydrogen-bond donors (Lipinski definition) is 1. The van der Waals surface area contributed by atoms with Gasteiger partial charge in [-0.2, -0.15) is 0 Å². The summed E-state index contributed by atoms with van der Waals surface area (Å²) < 4.78 is 0. The number of amides is 1. The van der Waals surface area contributed by atoms with Crippen LogP contribution >= 0.6 is 11.3 Å². The summed E-state index contributed by atoms with van der Waals surface area (Å²) in [4.78, 5) is 17.2. The smallest absolute Gasteiger partial charge is 0.237 e. The number of aliphatic hydroxyl groups is 1. The third-order valence-electron chi connectivity index (χ3n) is 3.42. The topological polar surface area (TPSA) is 43.8 Å². The third-order valence-corrected chi connectivity index (χ3v) is 4.28. The fourth-order valence-electron chi connectivity index (χ4n) is 1.64. The Bertz CT molecular complexity index is 429. The van der Waals surface area contributed by atoms with Crippen LogP contribution in [0.5, 0.6) is 0 Å². The van der Waals surface area contributed by atoms with Gasteiger partial charge in [-0.3, -0.25) is 9.69 Å². The lowest BCUT2D eigenvalue weighted by Gasteiger charge is -2.34. The van der Waals surface area contributed by atoms with E-state index < -0.39 is 5.54 Å². The van der Waals surface area contributed by atoms with Crippen molar-refractivity contribution in [2.45, 2.75) is 25.9 Å². The predicted octanol–water partition coefficient (Wildman–Crippen LogP) is 1.97. The summed E-state index contributed by atoms with van der Waals surface area (Å²) in [5.74, 6) is 0.0438. The summed E-state index contributed by atoms with van der Waals surface area (Å²) in [6.07, 6.45) is 1.74. The van der Waals surface area contributed by atoms with Crippen LogP contribution in [0.4, 0.5) is 0 Å². The zero-order valence-corrected chi connectivity index (χ0v) is 13.3. The molecule has 0 aromatic carbocycles. The number of hydrogen-bond acceptors (Lipinski definition) is 4. The van der Waals surface area contributed by atoms with Crippen molar-refractivity contribution in [1.82, 2.24) is 9.80 Å². The van der Waals surface area contributed by atoms with Crippen molar-refractivity contribution in [2.24, 2.45) is 0 Å². The van der Waals surface area contributed by atoms with Crippen LogP contribution in [0.2, 0.25) is 0 Å². The molecule has 0 spiro atoms. The molecule has 20 heavy (non-hydrogen) atoms. The van der Waals surface area contributed by atoms with Crippen LogP contribution in [-0.4, -0.2) is 53.1 Å². The summed E-state index contributed by atoms with van der Waals surface area (Å²) in [7, 11) is 1.85. The molecule has 0 saturated carbocycles. The molecule has 5 heteroatoms. The van der Waals surface area contributed by atoms with Crippen molar-refractivity contribution in [1.29, 1.82) is 0 Å². The summed E-state index contributed by atoms with van der Waals surface area (Å²) in [6, 6.07) is 4.01. The second kappa shape index (κ2) is 7.57. The van der Waals surface area contributed by atoms with Crippen molar-refractivity contribution in [3.05, 3.63) is 35.0 Å². The highest BCUT2D eigenvalue weighted by molar-refractivity contribution is 7.09. The van der Waals surface area contributed by atoms with E-state index in [0.717, 1.165) is 4.88 Å². The van der Waals surface area contributed by atoms with Gasteiger partial charge in [0.1, 0.15) is 0 Å². The Kier molecular flexibility index (Phi) is 6.39. The highest BCUT2D eigenvalue weighted by atomic mass is 32.1. The van der Waals surface area contributed by atoms with E-state index >= 15 is 0 Å². The summed E-state index contributed by atoms with van der Waals surface area (Å²) in [5, 5.41) is 11.4. The largest absolute Gasteiger partial charge is 0.394 e. The molecule has 1 amide bonds. The molecule has 4 nitrogen and oxygen atoms in total. The van der Waals surface area contributed by atoms with Gasteiger partial charge in [0.25, 0.3) is 0 Å². The van der Waals surface area contributed by atoms with Crippen LogP contribution in [0.15, 0.2) is 30.2 Å². The monoisotopic (exact) mass is 296 g/mol. The molecule has 112 valence electrons. The van der Waals surface area contributed by atoms with Crippen LogP contribution in [-0.2, 0) is 11.3 Å². The molecular weight excluding hydrogens is 272 g/mol. The first kappa shape index (κ1) is 16.9. The lowest BCUT2D eigenvalue weighted by molar-refractivity contribution is -0.133. The van der Waals surface area contributed by atoms with E-state index in [-0.39, 0.29) is 19.1 Å². The first-order valence-electron chi connectivity index (χ1n) is 6.64. The van der Waals surface area contributed by atoms with Gasteiger partial charge in [-0.05, 0) is 32.3 Å². The molecule has 0 saturated heterocycles. The van der Waals surface area contributed by atoms with Gasteiger partial charge in [0.15, 0.2) is 0 Å². The molecule has 0 aliphatic heterocycles. The van der Waals surface area contributed by atoms with Crippen molar-refractivity contribution in [3.63, 3.8) is 0 Å². The summed E-state index contributed by atoms with van der Waals surface area (Å²) >= 11 is 1.64. The maximum absolute atomic E-state index is 12.4. The Balaban J connectivity index is 2.67. The molecule has 1 aromatic heterocycles. The van der Waals surface area contributed by atoms with Gasteiger partial charge in [-0.25, -0.2) is 0 Å². The number of nitrogens with zero attached hydrogens (tertiary/aromatic N) is 2. The number of carbonyl (C=O) groups is 1. The van der Waals surface area contributed by atoms with Crippen molar-refractivity contribution in [3.8, 4) is 0 Å². The third kappa shape index (κ3) is 4.74. The van der Waals surface area contributed by atoms with Crippen molar-refractivity contribution < 1.29 is 9.90 Å². The standard InChI is InChI=1S/C15H24N2O2S/c1-5-8-17(10-13-7-6-9-20-13)14(19)11-16(4)15(2,3)12-18/h5-7,9,18H,1,8,10-12H2,2-4H3. The number of likely N-dealkylation sites (N-methyl/N-ethyl adjacent to an activating group) is 1. The van der Waals surface area contributed by atoms with Gasteiger partial charge in [0.05, 0.1) is 19.7 Å². The minimum Gasteiger partial charge on any atom is -0.394 e. The van der Waals surface area contributed by atoms with Gasteiger partial charge in [-0.1, -0.05) is 12.1 Å². The van der Waals surface area contributed by atoms with E-state index in [9.17, 15) is 9.90 Å². The minimum atomic E-state index is -0.404. The quantitative estimate of drug-likeness (QED) is 0.746. The maximum Gasteiger partial charge on any atom is 0.237 e. The Morgan fingerprint density at radius 3 is 2.75 bits per heavy atom. The van der Waals surface area contributed by atoms with Crippen LogP contribution in [0, 0.1) is 0 Å². The molecule has 1 N–H and O–H groups in total. The number of rotatable bonds is 8. The SMILES string of the molecule is C=CCN(Cc1cccs1)C(=O)CN(C)C(C)(C)CO. The minimum absolute atomic E-state index is 0.0170. The average Bonchev–Trinajstić information content (AvgIpc) is 2.91. The molecule has 0 radical (unpaired) electrons. The number of aliphatic hydroxyl groups excluding tert-OH is 1. The van der Waals surface area contributed by atoms with Crippen molar-refractivity contribution >= 4 is 17.2 Å². The van der Waals surface area contributed by atoms with Crippen LogP contribution in [0.3, 0.4) is 0 Å². The molecule has 1 rings (SSSR count). The van der Waals surface area contributed by atoms with E-state index in [1.54, 1.807) is 22.3 Å². The molecule has 0 fully saturated rings. The Labute approximate surface area is 125 Å². The van der Waals surface area contributed by atoms with E-state index in [0.29, 0.717) is 13.1 Å². The van der Waals surface area contributed by atoms with Gasteiger partial charge in [0, 0.05) is 17.0 Å². The van der Waals surface area contributed by atoms with Gasteiger partial charge in [-0.15, -0.1) is 17.9 Å². The lowest BCUT2D eigenvalue weighted by atomic mass is 10.1. The van der Waals surface area contributed by atoms with Crippen LogP contribution < -0.4 is 0 Å². The first-order valence-corrected chi connectivity index (χ1v) is 7.52. The highest BCUT2D eigenvalue weighted by Gasteiger charge is 2.26. The molecule has 0 bridgehead atoms. The van der Waals surface area contributed by atoms with Gasteiger partial charge >= 0.3 is 0 Å². The second-order valence-corrected chi connectivity index (χ2v) is 6.50. The molecule has 1 aromatic rings. The number of thiophene rings is 1. The van der Waals surface area contributed by atoms with E-state index in [1.807, 2.05) is 43.3 Å². The zero-order valence-electron chi connectivity index (χ0n) is 12.5.